The molecule has 0 amide bonds. The number of aryl methyl sites for hydroxylation is 1. The van der Waals surface area contributed by atoms with Crippen LogP contribution >= 0.6 is 35.0 Å². The Kier molecular flexibility index (Phi) is 5.95. The zero-order chi connectivity index (χ0) is 21.3. The molecule has 4 nitrogen and oxygen atoms in total. The van der Waals surface area contributed by atoms with Crippen molar-refractivity contribution in [3.8, 4) is 5.69 Å². The lowest BCUT2D eigenvalue weighted by Crippen LogP contribution is -2.22. The molecule has 30 heavy (non-hydrogen) atoms. The first-order valence-corrected chi connectivity index (χ1v) is 10.9. The van der Waals surface area contributed by atoms with Gasteiger partial charge in [0.15, 0.2) is 10.9 Å². The minimum absolute atomic E-state index is 0.0388. The largest absolute Gasteiger partial charge is 0.293 e. The van der Waals surface area contributed by atoms with E-state index in [9.17, 15) is 9.59 Å². The van der Waals surface area contributed by atoms with Gasteiger partial charge in [-0.25, -0.2) is 4.98 Å². The monoisotopic (exact) mass is 454 g/mol. The molecule has 3 aromatic carbocycles. The van der Waals surface area contributed by atoms with Crippen LogP contribution in [0.2, 0.25) is 10.0 Å². The fraction of sp³-hybridized carbons (Fsp3) is 0.0870. The van der Waals surface area contributed by atoms with Gasteiger partial charge in [0.1, 0.15) is 0 Å². The van der Waals surface area contributed by atoms with Crippen molar-refractivity contribution in [3.05, 3.63) is 98.3 Å². The summed E-state index contributed by atoms with van der Waals surface area (Å²) in [6.45, 7) is 1.97. The average molecular weight is 455 g/mol. The van der Waals surface area contributed by atoms with Crippen molar-refractivity contribution < 1.29 is 4.79 Å². The van der Waals surface area contributed by atoms with Crippen LogP contribution in [0.5, 0.6) is 0 Å². The van der Waals surface area contributed by atoms with Gasteiger partial charge in [-0.05, 0) is 37.3 Å². The smallest absolute Gasteiger partial charge is 0.266 e. The molecular formula is C23H16Cl2N2O2S. The Labute approximate surface area is 187 Å². The zero-order valence-corrected chi connectivity index (χ0v) is 18.3. The van der Waals surface area contributed by atoms with Crippen LogP contribution < -0.4 is 5.56 Å². The Morgan fingerprint density at radius 2 is 1.73 bits per heavy atom. The number of ketones is 1. The number of carbonyl (C=O) groups is 1. The van der Waals surface area contributed by atoms with Gasteiger partial charge in [0.2, 0.25) is 0 Å². The summed E-state index contributed by atoms with van der Waals surface area (Å²) in [5.74, 6) is 0.109. The van der Waals surface area contributed by atoms with Crippen LogP contribution in [0, 0.1) is 6.92 Å². The number of fused-ring (bicyclic) bond motifs is 1. The molecule has 7 heteroatoms. The van der Waals surface area contributed by atoms with Gasteiger partial charge in [-0.15, -0.1) is 0 Å². The molecule has 0 aliphatic carbocycles. The molecule has 0 atom stereocenters. The van der Waals surface area contributed by atoms with E-state index in [1.165, 1.54) is 16.3 Å². The molecule has 1 heterocycles. The number of para-hydroxylation sites is 1. The molecule has 0 aliphatic rings. The minimum Gasteiger partial charge on any atom is -0.293 e. The van der Waals surface area contributed by atoms with Crippen LogP contribution in [-0.4, -0.2) is 21.1 Å². The number of benzene rings is 3. The molecule has 0 aliphatic heterocycles. The Hall–Kier alpha value is -2.60. The molecule has 0 N–H and O–H groups in total. The Balaban J connectivity index is 1.77. The number of nitrogens with zero attached hydrogens (tertiary/aromatic N) is 2. The van der Waals surface area contributed by atoms with Crippen molar-refractivity contribution in [1.29, 1.82) is 0 Å². The number of rotatable bonds is 5. The third kappa shape index (κ3) is 4.15. The highest BCUT2D eigenvalue weighted by Crippen LogP contribution is 2.27. The molecule has 0 saturated carbocycles. The summed E-state index contributed by atoms with van der Waals surface area (Å²) in [6.07, 6.45) is 0. The molecule has 1 aromatic heterocycles. The second-order valence-corrected chi connectivity index (χ2v) is 8.49. The first kappa shape index (κ1) is 20.7. The minimum atomic E-state index is -0.232. The van der Waals surface area contributed by atoms with Gasteiger partial charge in [0, 0.05) is 5.56 Å². The standard InChI is InChI=1S/C23H16Cl2N2O2S/c1-14-6-8-15(9-7-14)21(28)13-30-23-26-20-5-3-2-4-17(20)22(29)27(23)16-10-11-18(24)19(25)12-16/h2-12H,13H2,1H3. The molecule has 0 unspecified atom stereocenters. The predicted molar refractivity (Wildman–Crippen MR) is 124 cm³/mol. The Morgan fingerprint density at radius 1 is 1.00 bits per heavy atom. The number of Topliss-reactive ketones (excluding diaryl/α,β-unsaturated/α-hetero) is 1. The van der Waals surface area contributed by atoms with Crippen LogP contribution in [0.4, 0.5) is 0 Å². The number of carbonyl (C=O) groups excluding carboxylic acids is 1. The van der Waals surface area contributed by atoms with Gasteiger partial charge in [0.25, 0.3) is 5.56 Å². The number of hydrogen-bond acceptors (Lipinski definition) is 4. The number of thioether (sulfide) groups is 1. The fourth-order valence-corrected chi connectivity index (χ4v) is 4.21. The maximum Gasteiger partial charge on any atom is 0.266 e. The molecular weight excluding hydrogens is 439 g/mol. The van der Waals surface area contributed by atoms with Gasteiger partial charge in [-0.1, -0.05) is 76.9 Å². The summed E-state index contributed by atoms with van der Waals surface area (Å²) in [7, 11) is 0. The molecule has 4 rings (SSSR count). The fourth-order valence-electron chi connectivity index (χ4n) is 3.01. The lowest BCUT2D eigenvalue weighted by Gasteiger charge is -2.13. The van der Waals surface area contributed by atoms with E-state index in [0.29, 0.717) is 37.4 Å². The van der Waals surface area contributed by atoms with E-state index in [4.69, 9.17) is 23.2 Å². The van der Waals surface area contributed by atoms with E-state index in [-0.39, 0.29) is 17.1 Å². The highest BCUT2D eigenvalue weighted by molar-refractivity contribution is 7.99. The van der Waals surface area contributed by atoms with Gasteiger partial charge in [-0.3, -0.25) is 14.2 Å². The molecule has 150 valence electrons. The summed E-state index contributed by atoms with van der Waals surface area (Å²) in [4.78, 5) is 30.5. The van der Waals surface area contributed by atoms with E-state index in [2.05, 4.69) is 4.98 Å². The van der Waals surface area contributed by atoms with Gasteiger partial charge in [-0.2, -0.15) is 0 Å². The van der Waals surface area contributed by atoms with Crippen LogP contribution in [0.25, 0.3) is 16.6 Å². The summed E-state index contributed by atoms with van der Waals surface area (Å²) >= 11 is 13.4. The van der Waals surface area contributed by atoms with E-state index in [1.54, 1.807) is 48.5 Å². The number of aromatic nitrogens is 2. The van der Waals surface area contributed by atoms with Crippen LogP contribution in [-0.2, 0) is 0 Å². The first-order chi connectivity index (χ1) is 14.4. The van der Waals surface area contributed by atoms with Crippen molar-refractivity contribution in [3.63, 3.8) is 0 Å². The lowest BCUT2D eigenvalue weighted by atomic mass is 10.1. The average Bonchev–Trinajstić information content (AvgIpc) is 2.75. The lowest BCUT2D eigenvalue weighted by molar-refractivity contribution is 0.102. The topological polar surface area (TPSA) is 52.0 Å². The van der Waals surface area contributed by atoms with Crippen LogP contribution in [0.15, 0.2) is 76.7 Å². The molecule has 0 bridgehead atoms. The van der Waals surface area contributed by atoms with E-state index in [0.717, 1.165) is 5.56 Å². The number of halogens is 2. The van der Waals surface area contributed by atoms with Crippen LogP contribution in [0.3, 0.4) is 0 Å². The van der Waals surface area contributed by atoms with E-state index in [1.807, 2.05) is 25.1 Å². The third-order valence-corrected chi connectivity index (χ3v) is 6.29. The van der Waals surface area contributed by atoms with Gasteiger partial charge in [0.05, 0.1) is 32.4 Å². The number of hydrogen-bond donors (Lipinski definition) is 0. The van der Waals surface area contributed by atoms with Crippen molar-refractivity contribution in [2.45, 2.75) is 12.1 Å². The Morgan fingerprint density at radius 3 is 2.47 bits per heavy atom. The first-order valence-electron chi connectivity index (χ1n) is 9.14. The van der Waals surface area contributed by atoms with Crippen molar-refractivity contribution in [1.82, 2.24) is 9.55 Å². The highest BCUT2D eigenvalue weighted by atomic mass is 35.5. The van der Waals surface area contributed by atoms with Gasteiger partial charge >= 0.3 is 0 Å². The molecule has 0 spiro atoms. The predicted octanol–water partition coefficient (Wildman–Crippen LogP) is 5.98. The second-order valence-electron chi connectivity index (χ2n) is 6.73. The molecule has 4 aromatic rings. The quantitative estimate of drug-likeness (QED) is 0.211. The summed E-state index contributed by atoms with van der Waals surface area (Å²) < 4.78 is 1.47. The summed E-state index contributed by atoms with van der Waals surface area (Å²) in [5.41, 5.74) is 2.59. The summed E-state index contributed by atoms with van der Waals surface area (Å²) in [6, 6.07) is 19.5. The molecule has 0 radical (unpaired) electrons. The molecule has 0 fully saturated rings. The third-order valence-electron chi connectivity index (χ3n) is 4.61. The Bertz CT molecular complexity index is 1320. The van der Waals surface area contributed by atoms with E-state index < -0.39 is 0 Å². The molecule has 0 saturated heterocycles. The van der Waals surface area contributed by atoms with Crippen molar-refractivity contribution in [2.75, 3.05) is 5.75 Å². The van der Waals surface area contributed by atoms with E-state index >= 15 is 0 Å². The van der Waals surface area contributed by atoms with Crippen molar-refractivity contribution in [2.24, 2.45) is 0 Å². The highest BCUT2D eigenvalue weighted by Gasteiger charge is 2.16. The SMILES string of the molecule is Cc1ccc(C(=O)CSc2nc3ccccc3c(=O)n2-c2ccc(Cl)c(Cl)c2)cc1. The van der Waals surface area contributed by atoms with Crippen LogP contribution in [0.1, 0.15) is 15.9 Å². The second kappa shape index (κ2) is 8.64. The zero-order valence-electron chi connectivity index (χ0n) is 15.9. The summed E-state index contributed by atoms with van der Waals surface area (Å²) in [5, 5.41) is 1.63. The van der Waals surface area contributed by atoms with Gasteiger partial charge < -0.3 is 0 Å². The maximum absolute atomic E-state index is 13.2. The normalized spacial score (nSPS) is 11.0. The maximum atomic E-state index is 13.2. The van der Waals surface area contributed by atoms with Crippen molar-refractivity contribution >= 4 is 51.6 Å².